The average molecular weight is 510 g/mol. The third-order valence-electron chi connectivity index (χ3n) is 4.55. The SMILES string of the molecule is Cc1[nH]c2ccccc2c1/C=N/Nc1nc2nonc2nc1Nc1ccccc1I. The predicted octanol–water partition coefficient (Wildman–Crippen LogP) is 4.60. The highest BCUT2D eigenvalue weighted by Crippen LogP contribution is 2.27. The maximum atomic E-state index is 4.75. The van der Waals surface area contributed by atoms with Gasteiger partial charge < -0.3 is 10.3 Å². The Bertz CT molecular complexity index is 1390. The quantitative estimate of drug-likeness (QED) is 0.180. The van der Waals surface area contributed by atoms with Crippen molar-refractivity contribution in [1.82, 2.24) is 25.3 Å². The lowest BCUT2D eigenvalue weighted by Crippen LogP contribution is -2.04. The molecule has 0 aliphatic rings. The number of rotatable bonds is 5. The van der Waals surface area contributed by atoms with E-state index < -0.39 is 0 Å². The zero-order valence-corrected chi connectivity index (χ0v) is 17.9. The van der Waals surface area contributed by atoms with Crippen LogP contribution in [0.4, 0.5) is 17.3 Å². The van der Waals surface area contributed by atoms with Crippen LogP contribution in [0.3, 0.4) is 0 Å². The molecule has 0 aliphatic carbocycles. The van der Waals surface area contributed by atoms with E-state index in [1.807, 2.05) is 49.4 Å². The van der Waals surface area contributed by atoms with Crippen LogP contribution in [0.15, 0.2) is 58.3 Å². The first-order chi connectivity index (χ1) is 14.7. The number of hydrogen-bond acceptors (Lipinski definition) is 8. The minimum Gasteiger partial charge on any atom is -0.358 e. The minimum atomic E-state index is 0.296. The molecule has 9 nitrogen and oxygen atoms in total. The number of benzene rings is 2. The van der Waals surface area contributed by atoms with Gasteiger partial charge in [0.15, 0.2) is 11.6 Å². The summed E-state index contributed by atoms with van der Waals surface area (Å²) in [6, 6.07) is 16.0. The van der Waals surface area contributed by atoms with Crippen molar-refractivity contribution in [1.29, 1.82) is 0 Å². The van der Waals surface area contributed by atoms with Crippen molar-refractivity contribution in [2.45, 2.75) is 6.92 Å². The first-order valence-corrected chi connectivity index (χ1v) is 10.1. The number of para-hydroxylation sites is 2. The first-order valence-electron chi connectivity index (χ1n) is 9.07. The van der Waals surface area contributed by atoms with E-state index in [4.69, 9.17) is 4.63 Å². The van der Waals surface area contributed by atoms with Gasteiger partial charge in [0.25, 0.3) is 0 Å². The van der Waals surface area contributed by atoms with E-state index in [1.54, 1.807) is 6.21 Å². The van der Waals surface area contributed by atoms with Gasteiger partial charge in [0.2, 0.25) is 11.3 Å². The summed E-state index contributed by atoms with van der Waals surface area (Å²) in [5.74, 6) is 0.877. The molecule has 0 unspecified atom stereocenters. The molecule has 0 fully saturated rings. The molecule has 5 aromatic rings. The summed E-state index contributed by atoms with van der Waals surface area (Å²) >= 11 is 2.25. The highest BCUT2D eigenvalue weighted by Gasteiger charge is 2.14. The van der Waals surface area contributed by atoms with Gasteiger partial charge in [-0.15, -0.1) is 0 Å². The van der Waals surface area contributed by atoms with Gasteiger partial charge in [0.05, 0.1) is 11.9 Å². The van der Waals surface area contributed by atoms with Crippen LogP contribution in [0, 0.1) is 10.5 Å². The Morgan fingerprint density at radius 1 is 1.00 bits per heavy atom. The molecule has 3 heterocycles. The second-order valence-electron chi connectivity index (χ2n) is 6.52. The minimum absolute atomic E-state index is 0.296. The molecular weight excluding hydrogens is 495 g/mol. The van der Waals surface area contributed by atoms with E-state index in [0.29, 0.717) is 22.9 Å². The molecule has 0 radical (unpaired) electrons. The van der Waals surface area contributed by atoms with Gasteiger partial charge in [-0.2, -0.15) is 10.1 Å². The van der Waals surface area contributed by atoms with E-state index in [-0.39, 0.29) is 0 Å². The van der Waals surface area contributed by atoms with Crippen LogP contribution in [-0.4, -0.2) is 31.5 Å². The number of H-pyrrole nitrogens is 1. The number of hydrogen-bond donors (Lipinski definition) is 3. The van der Waals surface area contributed by atoms with Gasteiger partial charge in [-0.25, -0.2) is 9.61 Å². The summed E-state index contributed by atoms with van der Waals surface area (Å²) in [6.45, 7) is 2.01. The molecule has 5 rings (SSSR count). The van der Waals surface area contributed by atoms with Crippen molar-refractivity contribution in [3.8, 4) is 0 Å². The lowest BCUT2D eigenvalue weighted by atomic mass is 10.1. The van der Waals surface area contributed by atoms with Crippen molar-refractivity contribution in [3.05, 3.63) is 63.4 Å². The van der Waals surface area contributed by atoms with Crippen molar-refractivity contribution in [3.63, 3.8) is 0 Å². The Labute approximate surface area is 184 Å². The number of aromatic amines is 1. The van der Waals surface area contributed by atoms with Crippen molar-refractivity contribution in [2.24, 2.45) is 5.10 Å². The number of nitrogens with one attached hydrogen (secondary N) is 3. The summed E-state index contributed by atoms with van der Waals surface area (Å²) in [4.78, 5) is 12.3. The highest BCUT2D eigenvalue weighted by atomic mass is 127. The zero-order valence-electron chi connectivity index (χ0n) is 15.7. The van der Waals surface area contributed by atoms with Crippen LogP contribution in [0.1, 0.15) is 11.3 Å². The lowest BCUT2D eigenvalue weighted by molar-refractivity contribution is 0.314. The van der Waals surface area contributed by atoms with Gasteiger partial charge in [-0.05, 0) is 58.0 Å². The molecule has 148 valence electrons. The molecule has 30 heavy (non-hydrogen) atoms. The standard InChI is InChI=1S/C20H15IN8O/c1-11-13(12-6-2-4-8-15(12)23-11)10-22-27-18-17(24-16-9-5-3-7-14(16)21)25-19-20(26-18)29-30-28-19/h2-10,23H,1H3,(H,24,25,28)(H,26,27,29)/b22-10+. The molecule has 0 bridgehead atoms. The fourth-order valence-corrected chi connectivity index (χ4v) is 3.64. The van der Waals surface area contributed by atoms with E-state index in [0.717, 1.165) is 31.4 Å². The van der Waals surface area contributed by atoms with Crippen molar-refractivity contribution in [2.75, 3.05) is 10.7 Å². The number of fused-ring (bicyclic) bond motifs is 2. The molecule has 0 amide bonds. The van der Waals surface area contributed by atoms with E-state index in [2.05, 4.69) is 69.8 Å². The van der Waals surface area contributed by atoms with Gasteiger partial charge in [-0.1, -0.05) is 30.3 Å². The number of nitrogens with zero attached hydrogens (tertiary/aromatic N) is 5. The van der Waals surface area contributed by atoms with Gasteiger partial charge in [0, 0.05) is 25.7 Å². The Morgan fingerprint density at radius 2 is 1.73 bits per heavy atom. The van der Waals surface area contributed by atoms with E-state index >= 15 is 0 Å². The van der Waals surface area contributed by atoms with Crippen LogP contribution < -0.4 is 10.7 Å². The van der Waals surface area contributed by atoms with Crippen LogP contribution in [0.2, 0.25) is 0 Å². The third-order valence-corrected chi connectivity index (χ3v) is 5.49. The number of hydrazone groups is 1. The fraction of sp³-hybridized carbons (Fsp3) is 0.0500. The predicted molar refractivity (Wildman–Crippen MR) is 124 cm³/mol. The number of aromatic nitrogens is 5. The molecule has 10 heteroatoms. The summed E-state index contributed by atoms with van der Waals surface area (Å²) < 4.78 is 5.79. The van der Waals surface area contributed by atoms with E-state index in [9.17, 15) is 0 Å². The fourth-order valence-electron chi connectivity index (χ4n) is 3.12. The lowest BCUT2D eigenvalue weighted by Gasteiger charge is -2.10. The summed E-state index contributed by atoms with van der Waals surface area (Å²) in [6.07, 6.45) is 1.76. The highest BCUT2D eigenvalue weighted by molar-refractivity contribution is 14.1. The second-order valence-corrected chi connectivity index (χ2v) is 7.68. The van der Waals surface area contributed by atoms with Gasteiger partial charge in [-0.3, -0.25) is 5.43 Å². The molecule has 0 aliphatic heterocycles. The topological polar surface area (TPSA) is 117 Å². The molecule has 2 aromatic carbocycles. The molecule has 3 N–H and O–H groups in total. The Morgan fingerprint density at radius 3 is 2.57 bits per heavy atom. The van der Waals surface area contributed by atoms with Crippen LogP contribution in [0.25, 0.3) is 22.2 Å². The average Bonchev–Trinajstić information content (AvgIpc) is 3.33. The number of aryl methyl sites for hydroxylation is 1. The third kappa shape index (κ3) is 3.45. The Hall–Kier alpha value is -3.54. The van der Waals surface area contributed by atoms with Crippen molar-refractivity contribution < 1.29 is 4.63 Å². The summed E-state index contributed by atoms with van der Waals surface area (Å²) in [7, 11) is 0. The summed E-state index contributed by atoms with van der Waals surface area (Å²) in [5.41, 5.74) is 7.56. The Kier molecular flexibility index (Phi) is 4.75. The molecular formula is C20H15IN8O. The van der Waals surface area contributed by atoms with Crippen molar-refractivity contribution >= 4 is 68.3 Å². The largest absolute Gasteiger partial charge is 0.358 e. The maximum absolute atomic E-state index is 4.75. The maximum Gasteiger partial charge on any atom is 0.245 e. The summed E-state index contributed by atoms with van der Waals surface area (Å²) in [5, 5.41) is 16.3. The Balaban J connectivity index is 1.49. The van der Waals surface area contributed by atoms with Gasteiger partial charge >= 0.3 is 0 Å². The van der Waals surface area contributed by atoms with Gasteiger partial charge in [0.1, 0.15) is 0 Å². The molecule has 0 saturated carbocycles. The van der Waals surface area contributed by atoms with E-state index in [1.165, 1.54) is 0 Å². The number of halogens is 1. The van der Waals surface area contributed by atoms with Crippen LogP contribution in [-0.2, 0) is 0 Å². The second kappa shape index (κ2) is 7.71. The molecule has 0 saturated heterocycles. The molecule has 0 spiro atoms. The van der Waals surface area contributed by atoms with Crippen LogP contribution in [0.5, 0.6) is 0 Å². The smallest absolute Gasteiger partial charge is 0.245 e. The first kappa shape index (κ1) is 18.5. The molecule has 3 aromatic heterocycles. The normalized spacial score (nSPS) is 11.5. The monoisotopic (exact) mass is 510 g/mol. The number of anilines is 3. The zero-order chi connectivity index (χ0) is 20.5. The molecule has 0 atom stereocenters. The van der Waals surface area contributed by atoms with Crippen LogP contribution >= 0.6 is 22.6 Å².